The lowest BCUT2D eigenvalue weighted by atomic mass is 9.87. The number of hydrogen-bond acceptors (Lipinski definition) is 2. The van der Waals surface area contributed by atoms with E-state index in [1.54, 1.807) is 0 Å². The minimum absolute atomic E-state index is 0.00514. The van der Waals surface area contributed by atoms with Crippen LogP contribution in [0.5, 0.6) is 0 Å². The SMILES string of the molecule is CCBN1C(=O)CC(C(C)C)C1=O. The van der Waals surface area contributed by atoms with E-state index in [1.807, 2.05) is 20.8 Å². The van der Waals surface area contributed by atoms with E-state index in [0.717, 1.165) is 6.32 Å². The third kappa shape index (κ3) is 1.93. The first-order valence-electron chi connectivity index (χ1n) is 4.92. The molecular weight excluding hydrogens is 165 g/mol. The molecule has 1 aliphatic heterocycles. The Bertz CT molecular complexity index is 228. The van der Waals surface area contributed by atoms with E-state index in [4.69, 9.17) is 0 Å². The van der Waals surface area contributed by atoms with Gasteiger partial charge in [-0.15, -0.1) is 0 Å². The van der Waals surface area contributed by atoms with Crippen LogP contribution in [0.25, 0.3) is 0 Å². The molecule has 0 aromatic heterocycles. The molecule has 4 heteroatoms. The number of amides is 2. The molecule has 0 radical (unpaired) electrons. The highest BCUT2D eigenvalue weighted by atomic mass is 16.2. The average molecular weight is 181 g/mol. The molecule has 1 atom stereocenters. The number of carbonyl (C=O) groups excluding carboxylic acids is 2. The topological polar surface area (TPSA) is 37.4 Å². The molecule has 0 aromatic carbocycles. The predicted octanol–water partition coefficient (Wildman–Crippen LogP) is 0.807. The molecule has 13 heavy (non-hydrogen) atoms. The molecule has 1 aliphatic rings. The Morgan fingerprint density at radius 3 is 2.54 bits per heavy atom. The number of imide groups is 1. The van der Waals surface area contributed by atoms with E-state index in [-0.39, 0.29) is 23.7 Å². The molecule has 1 heterocycles. The van der Waals surface area contributed by atoms with Crippen LogP contribution < -0.4 is 0 Å². The molecular formula is C9H16BNO2. The van der Waals surface area contributed by atoms with Gasteiger partial charge in [0.1, 0.15) is 0 Å². The van der Waals surface area contributed by atoms with Gasteiger partial charge in [0, 0.05) is 12.3 Å². The van der Waals surface area contributed by atoms with Crippen LogP contribution in [0.15, 0.2) is 0 Å². The molecule has 3 nitrogen and oxygen atoms in total. The van der Waals surface area contributed by atoms with E-state index in [0.29, 0.717) is 13.8 Å². The van der Waals surface area contributed by atoms with Crippen LogP contribution in [0.1, 0.15) is 27.2 Å². The van der Waals surface area contributed by atoms with Gasteiger partial charge in [-0.3, -0.25) is 9.59 Å². The van der Waals surface area contributed by atoms with Crippen molar-refractivity contribution in [3.8, 4) is 0 Å². The third-order valence-corrected chi connectivity index (χ3v) is 2.53. The summed E-state index contributed by atoms with van der Waals surface area (Å²) in [7, 11) is 0.584. The summed E-state index contributed by atoms with van der Waals surface area (Å²) in [5.41, 5.74) is 0. The van der Waals surface area contributed by atoms with Crippen molar-refractivity contribution in [1.29, 1.82) is 0 Å². The second-order valence-electron chi connectivity index (χ2n) is 3.94. The summed E-state index contributed by atoms with van der Waals surface area (Å²) in [6.45, 7) is 5.96. The molecule has 0 aromatic rings. The van der Waals surface area contributed by atoms with Gasteiger partial charge in [0.25, 0.3) is 0 Å². The molecule has 0 aliphatic carbocycles. The molecule has 0 bridgehead atoms. The predicted molar refractivity (Wildman–Crippen MR) is 52.4 cm³/mol. The van der Waals surface area contributed by atoms with Gasteiger partial charge in [-0.1, -0.05) is 27.1 Å². The van der Waals surface area contributed by atoms with Gasteiger partial charge in [-0.05, 0) is 5.92 Å². The maximum atomic E-state index is 11.7. The fourth-order valence-electron chi connectivity index (χ4n) is 1.69. The van der Waals surface area contributed by atoms with Crippen LogP contribution in [0.3, 0.4) is 0 Å². The number of carbonyl (C=O) groups is 2. The molecule has 1 unspecified atom stereocenters. The molecule has 72 valence electrons. The lowest BCUT2D eigenvalue weighted by molar-refractivity contribution is -0.134. The molecule has 0 saturated carbocycles. The quantitative estimate of drug-likeness (QED) is 0.477. The van der Waals surface area contributed by atoms with Crippen molar-refractivity contribution < 1.29 is 9.59 Å². The summed E-state index contributed by atoms with van der Waals surface area (Å²) in [6, 6.07) is 0. The van der Waals surface area contributed by atoms with Crippen LogP contribution in [-0.2, 0) is 9.59 Å². The fraction of sp³-hybridized carbons (Fsp3) is 0.778. The summed E-state index contributed by atoms with van der Waals surface area (Å²) in [4.78, 5) is 24.5. The first kappa shape index (κ1) is 10.3. The van der Waals surface area contributed by atoms with Crippen LogP contribution in [-0.4, -0.2) is 24.0 Å². The molecule has 1 fully saturated rings. The summed E-state index contributed by atoms with van der Waals surface area (Å²) in [5.74, 6) is 0.241. The van der Waals surface area contributed by atoms with Crippen molar-refractivity contribution in [2.75, 3.05) is 0 Å². The summed E-state index contributed by atoms with van der Waals surface area (Å²) >= 11 is 0. The number of nitrogens with zero attached hydrogens (tertiary/aromatic N) is 1. The standard InChI is InChI=1S/C9H16BNO2/c1-4-10-11-8(12)5-7(6(2)3)9(11)13/h6-7,10H,4-5H2,1-3H3. The summed E-state index contributed by atoms with van der Waals surface area (Å²) < 4.78 is 0. The normalized spacial score (nSPS) is 23.1. The Morgan fingerprint density at radius 2 is 2.15 bits per heavy atom. The summed E-state index contributed by atoms with van der Waals surface area (Å²) in [6.07, 6.45) is 1.26. The molecule has 1 saturated heterocycles. The highest BCUT2D eigenvalue weighted by Crippen LogP contribution is 2.25. The van der Waals surface area contributed by atoms with Crippen molar-refractivity contribution in [2.24, 2.45) is 11.8 Å². The lowest BCUT2D eigenvalue weighted by Gasteiger charge is -2.14. The highest BCUT2D eigenvalue weighted by molar-refractivity contribution is 6.43. The molecule has 0 spiro atoms. The van der Waals surface area contributed by atoms with Crippen LogP contribution in [0.2, 0.25) is 6.32 Å². The van der Waals surface area contributed by atoms with Crippen molar-refractivity contribution in [2.45, 2.75) is 33.5 Å². The first-order chi connectivity index (χ1) is 6.07. The van der Waals surface area contributed by atoms with Gasteiger partial charge in [-0.2, -0.15) is 0 Å². The first-order valence-corrected chi connectivity index (χ1v) is 4.92. The van der Waals surface area contributed by atoms with Gasteiger partial charge in [0.15, 0.2) is 0 Å². The number of hydrogen-bond donors (Lipinski definition) is 0. The van der Waals surface area contributed by atoms with Crippen molar-refractivity contribution in [3.63, 3.8) is 0 Å². The monoisotopic (exact) mass is 181 g/mol. The summed E-state index contributed by atoms with van der Waals surface area (Å²) in [5, 5.41) is 0. The fourth-order valence-corrected chi connectivity index (χ4v) is 1.69. The minimum Gasteiger partial charge on any atom is -0.333 e. The maximum absolute atomic E-state index is 11.7. The van der Waals surface area contributed by atoms with E-state index >= 15 is 0 Å². The van der Waals surface area contributed by atoms with Crippen molar-refractivity contribution in [1.82, 2.24) is 4.81 Å². The Hall–Kier alpha value is -0.795. The Labute approximate surface area is 79.7 Å². The van der Waals surface area contributed by atoms with Gasteiger partial charge in [0.05, 0.1) is 0 Å². The number of rotatable bonds is 3. The van der Waals surface area contributed by atoms with Gasteiger partial charge in [0.2, 0.25) is 19.2 Å². The second-order valence-corrected chi connectivity index (χ2v) is 3.94. The van der Waals surface area contributed by atoms with Crippen LogP contribution >= 0.6 is 0 Å². The van der Waals surface area contributed by atoms with Crippen molar-refractivity contribution >= 4 is 19.2 Å². The van der Waals surface area contributed by atoms with Crippen LogP contribution in [0, 0.1) is 11.8 Å². The van der Waals surface area contributed by atoms with Crippen LogP contribution in [0.4, 0.5) is 0 Å². The average Bonchev–Trinajstić information content (AvgIpc) is 2.32. The highest BCUT2D eigenvalue weighted by Gasteiger charge is 2.38. The maximum Gasteiger partial charge on any atom is 0.249 e. The zero-order chi connectivity index (χ0) is 10.0. The van der Waals surface area contributed by atoms with Crippen molar-refractivity contribution in [3.05, 3.63) is 0 Å². The zero-order valence-corrected chi connectivity index (χ0v) is 8.54. The Balaban J connectivity index is 2.69. The lowest BCUT2D eigenvalue weighted by Crippen LogP contribution is -2.34. The largest absolute Gasteiger partial charge is 0.333 e. The second kappa shape index (κ2) is 3.94. The van der Waals surface area contributed by atoms with Gasteiger partial charge >= 0.3 is 0 Å². The molecule has 2 amide bonds. The Morgan fingerprint density at radius 1 is 1.54 bits per heavy atom. The zero-order valence-electron chi connectivity index (χ0n) is 8.54. The minimum atomic E-state index is -0.0703. The third-order valence-electron chi connectivity index (χ3n) is 2.53. The van der Waals surface area contributed by atoms with E-state index in [9.17, 15) is 9.59 Å². The van der Waals surface area contributed by atoms with E-state index in [2.05, 4.69) is 0 Å². The van der Waals surface area contributed by atoms with E-state index < -0.39 is 0 Å². The smallest absolute Gasteiger partial charge is 0.249 e. The molecule has 1 rings (SSSR count). The van der Waals surface area contributed by atoms with Gasteiger partial charge in [-0.25, -0.2) is 0 Å². The Kier molecular flexibility index (Phi) is 3.12. The molecule has 0 N–H and O–H groups in total. The van der Waals surface area contributed by atoms with Gasteiger partial charge < -0.3 is 4.81 Å². The van der Waals surface area contributed by atoms with E-state index in [1.165, 1.54) is 4.81 Å².